The summed E-state index contributed by atoms with van der Waals surface area (Å²) in [6, 6.07) is 6.05. The van der Waals surface area contributed by atoms with E-state index >= 15 is 0 Å². The van der Waals surface area contributed by atoms with Crippen molar-refractivity contribution in [1.82, 2.24) is 20.9 Å². The molecule has 3 aliphatic heterocycles. The molecule has 3 N–H and O–H groups in total. The van der Waals surface area contributed by atoms with E-state index in [1.807, 2.05) is 12.1 Å². The van der Waals surface area contributed by atoms with E-state index in [1.54, 1.807) is 4.90 Å². The molecular formula is C22H30N4O3. The Labute approximate surface area is 171 Å². The lowest BCUT2D eigenvalue weighted by atomic mass is 9.90. The van der Waals surface area contributed by atoms with Crippen LogP contribution in [0.2, 0.25) is 0 Å². The van der Waals surface area contributed by atoms with Gasteiger partial charge in [0, 0.05) is 31.1 Å². The zero-order valence-corrected chi connectivity index (χ0v) is 17.0. The fourth-order valence-corrected chi connectivity index (χ4v) is 4.75. The molecule has 1 aromatic rings. The van der Waals surface area contributed by atoms with Gasteiger partial charge in [-0.15, -0.1) is 0 Å². The van der Waals surface area contributed by atoms with E-state index in [-0.39, 0.29) is 24.1 Å². The summed E-state index contributed by atoms with van der Waals surface area (Å²) in [6.07, 6.45) is 4.34. The van der Waals surface area contributed by atoms with Crippen LogP contribution in [0.4, 0.5) is 0 Å². The van der Waals surface area contributed by atoms with E-state index in [4.69, 9.17) is 0 Å². The predicted octanol–water partition coefficient (Wildman–Crippen LogP) is 1.32. The van der Waals surface area contributed by atoms with Crippen molar-refractivity contribution < 1.29 is 14.4 Å². The predicted molar refractivity (Wildman–Crippen MR) is 109 cm³/mol. The topological polar surface area (TPSA) is 90.5 Å². The summed E-state index contributed by atoms with van der Waals surface area (Å²) in [7, 11) is 0. The third-order valence-corrected chi connectivity index (χ3v) is 6.38. The smallest absolute Gasteiger partial charge is 0.255 e. The third-order valence-electron chi connectivity index (χ3n) is 6.38. The zero-order valence-electron chi connectivity index (χ0n) is 17.0. The average molecular weight is 399 g/mol. The van der Waals surface area contributed by atoms with Crippen molar-refractivity contribution in [2.45, 2.75) is 64.2 Å². The van der Waals surface area contributed by atoms with E-state index in [2.05, 4.69) is 28.9 Å². The third kappa shape index (κ3) is 4.51. The molecule has 0 saturated carbocycles. The van der Waals surface area contributed by atoms with Gasteiger partial charge in [0.05, 0.1) is 0 Å². The number of carbonyl (C=O) groups excluding carboxylic acids is 3. The number of rotatable bonds is 6. The largest absolute Gasteiger partial charge is 0.322 e. The molecule has 3 amide bonds. The van der Waals surface area contributed by atoms with Gasteiger partial charge in [0.15, 0.2) is 0 Å². The molecule has 3 atom stereocenters. The van der Waals surface area contributed by atoms with Crippen LogP contribution in [0, 0.1) is 5.92 Å². The van der Waals surface area contributed by atoms with Crippen molar-refractivity contribution in [2.75, 3.05) is 13.1 Å². The summed E-state index contributed by atoms with van der Waals surface area (Å²) >= 11 is 0. The zero-order chi connectivity index (χ0) is 20.4. The summed E-state index contributed by atoms with van der Waals surface area (Å²) in [5.74, 6) is 0.0433. The van der Waals surface area contributed by atoms with Crippen molar-refractivity contribution in [3.8, 4) is 0 Å². The molecule has 2 saturated heterocycles. The van der Waals surface area contributed by atoms with E-state index in [0.29, 0.717) is 24.6 Å². The Hall–Kier alpha value is -2.25. The Morgan fingerprint density at radius 1 is 1.21 bits per heavy atom. The van der Waals surface area contributed by atoms with Gasteiger partial charge in [-0.2, -0.15) is 0 Å². The first-order chi connectivity index (χ1) is 14.0. The van der Waals surface area contributed by atoms with Crippen molar-refractivity contribution in [3.63, 3.8) is 0 Å². The Morgan fingerprint density at radius 3 is 2.86 bits per heavy atom. The number of imide groups is 1. The minimum atomic E-state index is -0.554. The summed E-state index contributed by atoms with van der Waals surface area (Å²) in [4.78, 5) is 38.0. The monoisotopic (exact) mass is 398 g/mol. The van der Waals surface area contributed by atoms with Crippen molar-refractivity contribution >= 4 is 17.7 Å². The van der Waals surface area contributed by atoms with Gasteiger partial charge in [0.1, 0.15) is 6.04 Å². The molecule has 7 nitrogen and oxygen atoms in total. The fourth-order valence-electron chi connectivity index (χ4n) is 4.75. The van der Waals surface area contributed by atoms with Crippen LogP contribution in [0.5, 0.6) is 0 Å². The van der Waals surface area contributed by atoms with E-state index in [0.717, 1.165) is 36.7 Å². The first-order valence-electron chi connectivity index (χ1n) is 10.7. The van der Waals surface area contributed by atoms with Crippen LogP contribution in [0.1, 0.15) is 60.5 Å². The molecule has 4 rings (SSSR count). The molecule has 29 heavy (non-hydrogen) atoms. The summed E-state index contributed by atoms with van der Waals surface area (Å²) in [5, 5.41) is 9.34. The normalized spacial score (nSPS) is 27.1. The molecule has 7 heteroatoms. The van der Waals surface area contributed by atoms with Gasteiger partial charge >= 0.3 is 0 Å². The average Bonchev–Trinajstić information content (AvgIpc) is 3.01. The van der Waals surface area contributed by atoms with Crippen LogP contribution in [0.25, 0.3) is 0 Å². The first-order valence-corrected chi connectivity index (χ1v) is 10.7. The van der Waals surface area contributed by atoms with Crippen LogP contribution in [-0.2, 0) is 22.7 Å². The molecule has 0 radical (unpaired) electrons. The number of nitrogens with zero attached hydrogens (tertiary/aromatic N) is 1. The second-order valence-corrected chi connectivity index (χ2v) is 8.60. The number of hydrogen-bond donors (Lipinski definition) is 3. The van der Waals surface area contributed by atoms with Crippen LogP contribution < -0.4 is 16.0 Å². The highest BCUT2D eigenvalue weighted by Crippen LogP contribution is 2.28. The van der Waals surface area contributed by atoms with Crippen molar-refractivity contribution in [3.05, 3.63) is 34.9 Å². The maximum atomic E-state index is 12.9. The van der Waals surface area contributed by atoms with Gasteiger partial charge < -0.3 is 15.5 Å². The summed E-state index contributed by atoms with van der Waals surface area (Å²) in [5.41, 5.74) is 2.72. The number of nitrogens with one attached hydrogen (secondary N) is 3. The second-order valence-electron chi connectivity index (χ2n) is 8.60. The lowest BCUT2D eigenvalue weighted by molar-refractivity contribution is -0.136. The number of carbonyl (C=O) groups is 3. The highest BCUT2D eigenvalue weighted by atomic mass is 16.2. The first kappa shape index (κ1) is 20.0. The number of hydrogen-bond acceptors (Lipinski definition) is 5. The minimum absolute atomic E-state index is 0.111. The lowest BCUT2D eigenvalue weighted by Gasteiger charge is -2.29. The van der Waals surface area contributed by atoms with Gasteiger partial charge in [-0.25, -0.2) is 0 Å². The molecule has 0 bridgehead atoms. The number of benzene rings is 1. The molecule has 3 aliphatic rings. The van der Waals surface area contributed by atoms with Crippen molar-refractivity contribution in [1.29, 1.82) is 0 Å². The van der Waals surface area contributed by atoms with Gasteiger partial charge in [0.25, 0.3) is 5.91 Å². The van der Waals surface area contributed by atoms with Crippen LogP contribution in [0.15, 0.2) is 18.2 Å². The fraction of sp³-hybridized carbons (Fsp3) is 0.591. The number of fused-ring (bicyclic) bond motifs is 1. The summed E-state index contributed by atoms with van der Waals surface area (Å²) in [6.45, 7) is 5.51. The van der Waals surface area contributed by atoms with E-state index < -0.39 is 6.04 Å². The second kappa shape index (κ2) is 8.63. The number of amides is 3. The molecule has 3 unspecified atom stereocenters. The highest BCUT2D eigenvalue weighted by molar-refractivity contribution is 6.05. The molecule has 1 aromatic carbocycles. The molecular weight excluding hydrogens is 368 g/mol. The van der Waals surface area contributed by atoms with Crippen LogP contribution in [-0.4, -0.2) is 47.8 Å². The minimum Gasteiger partial charge on any atom is -0.322 e. The number of piperidine rings is 2. The van der Waals surface area contributed by atoms with Crippen LogP contribution >= 0.6 is 0 Å². The Kier molecular flexibility index (Phi) is 5.96. The van der Waals surface area contributed by atoms with Gasteiger partial charge in [-0.3, -0.25) is 19.7 Å². The summed E-state index contributed by atoms with van der Waals surface area (Å²) < 4.78 is 0. The quantitative estimate of drug-likeness (QED) is 0.497. The van der Waals surface area contributed by atoms with Gasteiger partial charge in [0.2, 0.25) is 11.8 Å². The lowest BCUT2D eigenvalue weighted by Crippen LogP contribution is -2.52. The molecule has 0 aliphatic carbocycles. The molecule has 3 heterocycles. The van der Waals surface area contributed by atoms with Crippen LogP contribution in [0.3, 0.4) is 0 Å². The molecule has 0 aromatic heterocycles. The SMILES string of the molecule is CC1CC(CCNCc2ccc3c(c2)C(=O)N(C2CCC(=O)NC2=O)C3)CCN1. The van der Waals surface area contributed by atoms with E-state index in [9.17, 15) is 14.4 Å². The maximum Gasteiger partial charge on any atom is 0.255 e. The molecule has 156 valence electrons. The Morgan fingerprint density at radius 2 is 2.07 bits per heavy atom. The van der Waals surface area contributed by atoms with Crippen molar-refractivity contribution in [2.24, 2.45) is 5.92 Å². The highest BCUT2D eigenvalue weighted by Gasteiger charge is 2.39. The van der Waals surface area contributed by atoms with Gasteiger partial charge in [-0.1, -0.05) is 12.1 Å². The standard InChI is InChI=1S/C22H30N4O3/c1-14-10-15(7-9-24-14)6-8-23-12-16-2-3-17-13-26(22(29)18(17)11-16)19-4-5-20(27)25-21(19)28/h2-3,11,14-15,19,23-24H,4-10,12-13H2,1H3,(H,25,27,28). The van der Waals surface area contributed by atoms with E-state index in [1.165, 1.54) is 19.3 Å². The molecule has 2 fully saturated rings. The maximum absolute atomic E-state index is 12.9. The Bertz CT molecular complexity index is 809. The Balaban J connectivity index is 1.31. The van der Waals surface area contributed by atoms with Gasteiger partial charge in [-0.05, 0) is 68.8 Å². The molecule has 0 spiro atoms.